The molecule has 0 spiro atoms. The number of para-hydroxylation sites is 2. The minimum atomic E-state index is -0.578. The summed E-state index contributed by atoms with van der Waals surface area (Å²) in [6, 6.07) is 14.2. The Kier molecular flexibility index (Phi) is 4.88. The van der Waals surface area contributed by atoms with Crippen LogP contribution < -0.4 is 15.5 Å². The highest BCUT2D eigenvalue weighted by molar-refractivity contribution is 6.05. The quantitative estimate of drug-likeness (QED) is 0.749. The van der Waals surface area contributed by atoms with Gasteiger partial charge in [-0.3, -0.25) is 19.7 Å². The van der Waals surface area contributed by atoms with Gasteiger partial charge in [0.25, 0.3) is 5.91 Å². The molecule has 0 saturated carbocycles. The van der Waals surface area contributed by atoms with Crippen molar-refractivity contribution in [3.63, 3.8) is 0 Å². The van der Waals surface area contributed by atoms with E-state index in [1.807, 2.05) is 24.3 Å². The van der Waals surface area contributed by atoms with Crippen LogP contribution >= 0.6 is 0 Å². The fraction of sp³-hybridized carbons (Fsp3) is 0.375. The van der Waals surface area contributed by atoms with Gasteiger partial charge < -0.3 is 15.1 Å². The van der Waals surface area contributed by atoms with Gasteiger partial charge in [-0.05, 0) is 49.1 Å². The Morgan fingerprint density at radius 1 is 1.06 bits per heavy atom. The van der Waals surface area contributed by atoms with E-state index in [1.165, 1.54) is 5.69 Å². The number of rotatable bonds is 3. The number of hydrogen-bond donors (Lipinski definition) is 2. The molecule has 2 aromatic carbocycles. The maximum absolute atomic E-state index is 13.1. The Morgan fingerprint density at radius 3 is 2.74 bits per heavy atom. The maximum Gasteiger partial charge on any atom is 0.255 e. The van der Waals surface area contributed by atoms with Gasteiger partial charge in [-0.2, -0.15) is 0 Å². The number of nitrogens with one attached hydrogen (secondary N) is 2. The van der Waals surface area contributed by atoms with E-state index < -0.39 is 6.04 Å². The van der Waals surface area contributed by atoms with Gasteiger partial charge in [0.05, 0.1) is 11.4 Å². The lowest BCUT2D eigenvalue weighted by Gasteiger charge is -2.29. The van der Waals surface area contributed by atoms with E-state index in [4.69, 9.17) is 0 Å². The van der Waals surface area contributed by atoms with Crippen molar-refractivity contribution in [3.05, 3.63) is 59.2 Å². The van der Waals surface area contributed by atoms with Crippen molar-refractivity contribution in [3.8, 4) is 0 Å². The molecule has 3 amide bonds. The molecule has 5 rings (SSSR count). The second-order valence-electron chi connectivity index (χ2n) is 8.66. The van der Waals surface area contributed by atoms with Crippen LogP contribution in [-0.4, -0.2) is 41.2 Å². The summed E-state index contributed by atoms with van der Waals surface area (Å²) >= 11 is 0. The second-order valence-corrected chi connectivity index (χ2v) is 8.66. The number of carbonyl (C=O) groups excluding carboxylic acids is 3. The fourth-order valence-electron chi connectivity index (χ4n) is 4.76. The first-order valence-electron chi connectivity index (χ1n) is 10.9. The number of benzene rings is 2. The third kappa shape index (κ3) is 3.65. The van der Waals surface area contributed by atoms with Gasteiger partial charge in [-0.25, -0.2) is 0 Å². The molecule has 0 radical (unpaired) electrons. The number of imide groups is 1. The summed E-state index contributed by atoms with van der Waals surface area (Å²) in [5.41, 5.74) is 4.97. The summed E-state index contributed by atoms with van der Waals surface area (Å²) in [6.45, 7) is 4.25. The molecule has 1 fully saturated rings. The number of hydrogen-bond acceptors (Lipinski definition) is 5. The lowest BCUT2D eigenvalue weighted by atomic mass is 10.0. The van der Waals surface area contributed by atoms with Crippen LogP contribution in [0.4, 0.5) is 11.4 Å². The topological polar surface area (TPSA) is 81.8 Å². The molecular formula is C24H26N4O3. The Bertz CT molecular complexity index is 1070. The minimum absolute atomic E-state index is 0.127. The van der Waals surface area contributed by atoms with Crippen LogP contribution in [0.3, 0.4) is 0 Å². The van der Waals surface area contributed by atoms with Crippen molar-refractivity contribution in [1.82, 2.24) is 10.2 Å². The second kappa shape index (κ2) is 7.72. The molecule has 0 aromatic heterocycles. The molecule has 3 aliphatic heterocycles. The van der Waals surface area contributed by atoms with E-state index in [-0.39, 0.29) is 24.1 Å². The summed E-state index contributed by atoms with van der Waals surface area (Å²) in [5.74, 6) is -0.771. The number of nitrogens with zero attached hydrogens (tertiary/aromatic N) is 2. The van der Waals surface area contributed by atoms with Crippen LogP contribution in [-0.2, 0) is 22.7 Å². The summed E-state index contributed by atoms with van der Waals surface area (Å²) < 4.78 is 0. The highest BCUT2D eigenvalue weighted by Gasteiger charge is 2.39. The zero-order chi connectivity index (χ0) is 21.5. The third-order valence-electron chi connectivity index (χ3n) is 6.44. The number of carbonyl (C=O) groups is 3. The molecule has 160 valence electrons. The van der Waals surface area contributed by atoms with Gasteiger partial charge in [-0.1, -0.05) is 24.3 Å². The number of fused-ring (bicyclic) bond motifs is 2. The average Bonchev–Trinajstić information content (AvgIpc) is 2.98. The van der Waals surface area contributed by atoms with Crippen LogP contribution in [0.5, 0.6) is 0 Å². The molecule has 0 bridgehead atoms. The van der Waals surface area contributed by atoms with E-state index in [0.717, 1.165) is 29.8 Å². The SMILES string of the molecule is CC1CCN(Cc2ccc3c(c2)C(=O)N(C2CCC(=O)NC2=O)C3)c2ccccc2N1. The standard InChI is InChI=1S/C24H26N4O3/c1-15-10-11-27(20-5-3-2-4-19(20)25-15)13-16-6-7-17-14-28(24(31)18(17)12-16)21-8-9-22(29)26-23(21)30/h2-7,12,15,21,25H,8-11,13-14H2,1H3,(H,26,29,30). The van der Waals surface area contributed by atoms with Crippen LogP contribution in [0.15, 0.2) is 42.5 Å². The molecule has 2 N–H and O–H groups in total. The van der Waals surface area contributed by atoms with Gasteiger partial charge in [0, 0.05) is 37.7 Å². The molecule has 2 aromatic rings. The van der Waals surface area contributed by atoms with Crippen molar-refractivity contribution in [2.75, 3.05) is 16.8 Å². The molecule has 3 heterocycles. The van der Waals surface area contributed by atoms with Crippen molar-refractivity contribution in [2.45, 2.75) is 51.4 Å². The molecule has 2 atom stereocenters. The Labute approximate surface area is 181 Å². The van der Waals surface area contributed by atoms with Crippen LogP contribution in [0.25, 0.3) is 0 Å². The molecule has 7 heteroatoms. The first-order valence-corrected chi connectivity index (χ1v) is 10.9. The normalized spacial score (nSPS) is 23.1. The van der Waals surface area contributed by atoms with Crippen LogP contribution in [0.2, 0.25) is 0 Å². The van der Waals surface area contributed by atoms with Gasteiger partial charge in [0.1, 0.15) is 6.04 Å². The lowest BCUT2D eigenvalue weighted by Crippen LogP contribution is -2.52. The van der Waals surface area contributed by atoms with Gasteiger partial charge in [0.2, 0.25) is 11.8 Å². The van der Waals surface area contributed by atoms with Crippen molar-refractivity contribution in [2.24, 2.45) is 0 Å². The van der Waals surface area contributed by atoms with E-state index in [9.17, 15) is 14.4 Å². The molecule has 7 nitrogen and oxygen atoms in total. The number of piperidine rings is 1. The maximum atomic E-state index is 13.1. The molecule has 31 heavy (non-hydrogen) atoms. The fourth-order valence-corrected chi connectivity index (χ4v) is 4.76. The van der Waals surface area contributed by atoms with E-state index in [2.05, 4.69) is 40.7 Å². The summed E-state index contributed by atoms with van der Waals surface area (Å²) in [7, 11) is 0. The summed E-state index contributed by atoms with van der Waals surface area (Å²) in [4.78, 5) is 40.8. The predicted octanol–water partition coefficient (Wildman–Crippen LogP) is 2.66. The zero-order valence-corrected chi connectivity index (χ0v) is 17.6. The Morgan fingerprint density at radius 2 is 1.90 bits per heavy atom. The first kappa shape index (κ1) is 19.6. The average molecular weight is 418 g/mol. The van der Waals surface area contributed by atoms with Gasteiger partial charge in [0.15, 0.2) is 0 Å². The molecule has 1 saturated heterocycles. The Balaban J connectivity index is 1.37. The van der Waals surface area contributed by atoms with E-state index >= 15 is 0 Å². The molecular weight excluding hydrogens is 392 g/mol. The van der Waals surface area contributed by atoms with Crippen molar-refractivity contribution < 1.29 is 14.4 Å². The zero-order valence-electron chi connectivity index (χ0n) is 17.6. The highest BCUT2D eigenvalue weighted by Crippen LogP contribution is 2.32. The van der Waals surface area contributed by atoms with Gasteiger partial charge >= 0.3 is 0 Å². The van der Waals surface area contributed by atoms with Crippen molar-refractivity contribution >= 4 is 29.1 Å². The van der Waals surface area contributed by atoms with E-state index in [0.29, 0.717) is 31.1 Å². The molecule has 3 aliphatic rings. The first-order chi connectivity index (χ1) is 15.0. The van der Waals surface area contributed by atoms with Crippen LogP contribution in [0.1, 0.15) is 47.7 Å². The predicted molar refractivity (Wildman–Crippen MR) is 118 cm³/mol. The summed E-state index contributed by atoms with van der Waals surface area (Å²) in [6.07, 6.45) is 1.68. The molecule has 2 unspecified atom stereocenters. The van der Waals surface area contributed by atoms with Crippen molar-refractivity contribution in [1.29, 1.82) is 0 Å². The van der Waals surface area contributed by atoms with E-state index in [1.54, 1.807) is 4.90 Å². The summed E-state index contributed by atoms with van der Waals surface area (Å²) in [5, 5.41) is 5.93. The Hall–Kier alpha value is -3.35. The minimum Gasteiger partial charge on any atom is -0.381 e. The molecule has 0 aliphatic carbocycles. The highest BCUT2D eigenvalue weighted by atomic mass is 16.2. The number of anilines is 2. The van der Waals surface area contributed by atoms with Gasteiger partial charge in [-0.15, -0.1) is 0 Å². The largest absolute Gasteiger partial charge is 0.381 e. The smallest absolute Gasteiger partial charge is 0.255 e. The lowest BCUT2D eigenvalue weighted by molar-refractivity contribution is -0.136. The number of amides is 3. The van der Waals surface area contributed by atoms with Crippen LogP contribution in [0, 0.1) is 0 Å². The third-order valence-corrected chi connectivity index (χ3v) is 6.44. The monoisotopic (exact) mass is 418 g/mol.